The van der Waals surface area contributed by atoms with Crippen molar-refractivity contribution in [2.24, 2.45) is 0 Å². The van der Waals surface area contributed by atoms with Crippen molar-refractivity contribution >= 4 is 34.3 Å². The van der Waals surface area contributed by atoms with E-state index >= 15 is 0 Å². The third kappa shape index (κ3) is 2.24. The number of carbonyl (C=O) groups is 2. The number of H-pyrrole nitrogens is 1. The first-order valence-corrected chi connectivity index (χ1v) is 5.89. The molecule has 0 saturated heterocycles. The van der Waals surface area contributed by atoms with E-state index in [4.69, 9.17) is 16.7 Å². The van der Waals surface area contributed by atoms with Crippen LogP contribution >= 0.6 is 11.6 Å². The quantitative estimate of drug-likeness (QED) is 0.834. The average molecular weight is 266 g/mol. The molecule has 4 nitrogen and oxygen atoms in total. The molecule has 0 spiro atoms. The number of carboxylic acid groups (broad SMARTS) is 1. The van der Waals surface area contributed by atoms with Crippen LogP contribution in [-0.2, 0) is 4.79 Å². The summed E-state index contributed by atoms with van der Waals surface area (Å²) < 4.78 is 0. The standard InChI is InChI=1S/C13H12ClNO3/c1-7-10(14)3-2-8-9(6-15-13(7)8)11(16)4-5-12(17)18/h2-3,6,15H,4-5H2,1H3,(H,17,18). The van der Waals surface area contributed by atoms with Gasteiger partial charge in [0.2, 0.25) is 0 Å². The number of halogens is 1. The molecule has 1 aromatic carbocycles. The maximum absolute atomic E-state index is 11.9. The van der Waals surface area contributed by atoms with Crippen LogP contribution in [0.4, 0.5) is 0 Å². The number of carbonyl (C=O) groups excluding carboxylic acids is 1. The Morgan fingerprint density at radius 1 is 1.33 bits per heavy atom. The number of aromatic nitrogens is 1. The number of rotatable bonds is 4. The molecular formula is C13H12ClNO3. The summed E-state index contributed by atoms with van der Waals surface area (Å²) >= 11 is 6.00. The van der Waals surface area contributed by atoms with Gasteiger partial charge < -0.3 is 10.1 Å². The summed E-state index contributed by atoms with van der Waals surface area (Å²) in [6.07, 6.45) is 1.46. The molecule has 2 aromatic rings. The lowest BCUT2D eigenvalue weighted by Gasteiger charge is -2.01. The van der Waals surface area contributed by atoms with E-state index in [-0.39, 0.29) is 18.6 Å². The number of hydrogen-bond donors (Lipinski definition) is 2. The number of aromatic amines is 1. The van der Waals surface area contributed by atoms with Crippen molar-refractivity contribution in [2.45, 2.75) is 19.8 Å². The van der Waals surface area contributed by atoms with Crippen molar-refractivity contribution < 1.29 is 14.7 Å². The van der Waals surface area contributed by atoms with E-state index in [1.165, 1.54) is 0 Å². The van der Waals surface area contributed by atoms with Gasteiger partial charge >= 0.3 is 5.97 Å². The molecule has 0 atom stereocenters. The first-order chi connectivity index (χ1) is 8.50. The van der Waals surface area contributed by atoms with Crippen molar-refractivity contribution in [1.29, 1.82) is 0 Å². The van der Waals surface area contributed by atoms with Crippen molar-refractivity contribution in [3.8, 4) is 0 Å². The first-order valence-electron chi connectivity index (χ1n) is 5.52. The van der Waals surface area contributed by atoms with Crippen LogP contribution in [0.25, 0.3) is 10.9 Å². The molecule has 2 rings (SSSR count). The topological polar surface area (TPSA) is 70.2 Å². The fraction of sp³-hybridized carbons (Fsp3) is 0.231. The lowest BCUT2D eigenvalue weighted by molar-refractivity contribution is -0.136. The van der Waals surface area contributed by atoms with Gasteiger partial charge in [-0.2, -0.15) is 0 Å². The molecule has 0 saturated carbocycles. The number of benzene rings is 1. The van der Waals surface area contributed by atoms with Gasteiger partial charge in [0, 0.05) is 28.6 Å². The van der Waals surface area contributed by atoms with E-state index in [0.717, 1.165) is 16.5 Å². The number of ketones is 1. The maximum Gasteiger partial charge on any atom is 0.303 e. The van der Waals surface area contributed by atoms with E-state index in [1.54, 1.807) is 18.3 Å². The summed E-state index contributed by atoms with van der Waals surface area (Å²) in [4.78, 5) is 25.4. The van der Waals surface area contributed by atoms with Crippen LogP contribution in [0.2, 0.25) is 5.02 Å². The third-order valence-corrected chi connectivity index (χ3v) is 3.33. The minimum Gasteiger partial charge on any atom is -0.481 e. The zero-order valence-electron chi connectivity index (χ0n) is 9.79. The van der Waals surface area contributed by atoms with E-state index in [9.17, 15) is 9.59 Å². The van der Waals surface area contributed by atoms with Crippen LogP contribution in [0.15, 0.2) is 18.3 Å². The minimum atomic E-state index is -0.970. The fourth-order valence-electron chi connectivity index (χ4n) is 1.90. The highest BCUT2D eigenvalue weighted by molar-refractivity contribution is 6.32. The summed E-state index contributed by atoms with van der Waals surface area (Å²) in [5.74, 6) is -1.15. The van der Waals surface area contributed by atoms with Gasteiger partial charge in [0.25, 0.3) is 0 Å². The molecule has 94 valence electrons. The van der Waals surface area contributed by atoms with Gasteiger partial charge in [-0.05, 0) is 18.6 Å². The molecule has 0 fully saturated rings. The number of hydrogen-bond acceptors (Lipinski definition) is 2. The van der Waals surface area contributed by atoms with Crippen molar-refractivity contribution in [2.75, 3.05) is 0 Å². The number of Topliss-reactive ketones (excluding diaryl/α,β-unsaturated/α-hetero) is 1. The van der Waals surface area contributed by atoms with Crippen LogP contribution in [0.1, 0.15) is 28.8 Å². The number of nitrogens with one attached hydrogen (secondary N) is 1. The molecule has 1 heterocycles. The zero-order valence-corrected chi connectivity index (χ0v) is 10.5. The number of fused-ring (bicyclic) bond motifs is 1. The molecule has 0 radical (unpaired) electrons. The summed E-state index contributed by atoms with van der Waals surface area (Å²) in [5.41, 5.74) is 2.22. The summed E-state index contributed by atoms with van der Waals surface area (Å²) in [6, 6.07) is 3.51. The first kappa shape index (κ1) is 12.6. The minimum absolute atomic E-state index is 0.00393. The Hall–Kier alpha value is -1.81. The van der Waals surface area contributed by atoms with Crippen LogP contribution < -0.4 is 0 Å². The molecule has 2 N–H and O–H groups in total. The lowest BCUT2D eigenvalue weighted by Crippen LogP contribution is -2.03. The highest BCUT2D eigenvalue weighted by Gasteiger charge is 2.15. The predicted octanol–water partition coefficient (Wildman–Crippen LogP) is 3.18. The van der Waals surface area contributed by atoms with Gasteiger partial charge in [-0.3, -0.25) is 9.59 Å². The molecule has 0 aliphatic carbocycles. The Balaban J connectivity index is 2.38. The molecule has 0 bridgehead atoms. The van der Waals surface area contributed by atoms with Crippen LogP contribution in [0.5, 0.6) is 0 Å². The highest BCUT2D eigenvalue weighted by atomic mass is 35.5. The SMILES string of the molecule is Cc1c(Cl)ccc2c(C(=O)CCC(=O)O)c[nH]c12. The Labute approximate surface area is 109 Å². The van der Waals surface area contributed by atoms with Gasteiger partial charge in [0.05, 0.1) is 11.9 Å². The molecule has 0 unspecified atom stereocenters. The van der Waals surface area contributed by atoms with Gasteiger partial charge in [-0.25, -0.2) is 0 Å². The average Bonchev–Trinajstić information content (AvgIpc) is 2.75. The zero-order chi connectivity index (χ0) is 13.3. The lowest BCUT2D eigenvalue weighted by atomic mass is 10.0. The van der Waals surface area contributed by atoms with Crippen LogP contribution in [0, 0.1) is 6.92 Å². The largest absolute Gasteiger partial charge is 0.481 e. The van der Waals surface area contributed by atoms with Crippen molar-refractivity contribution in [3.05, 3.63) is 34.5 Å². The van der Waals surface area contributed by atoms with Crippen molar-refractivity contribution in [3.63, 3.8) is 0 Å². The van der Waals surface area contributed by atoms with Gasteiger partial charge in [0.15, 0.2) is 5.78 Å². The Morgan fingerprint density at radius 2 is 2.06 bits per heavy atom. The Bertz CT molecular complexity index is 630. The normalized spacial score (nSPS) is 10.8. The molecule has 0 aliphatic rings. The molecule has 5 heteroatoms. The Kier molecular flexibility index (Phi) is 3.39. The highest BCUT2D eigenvalue weighted by Crippen LogP contribution is 2.27. The molecule has 0 aliphatic heterocycles. The second kappa shape index (κ2) is 4.82. The molecule has 1 aromatic heterocycles. The monoisotopic (exact) mass is 265 g/mol. The number of aliphatic carboxylic acids is 1. The van der Waals surface area contributed by atoms with Crippen LogP contribution in [0.3, 0.4) is 0 Å². The second-order valence-electron chi connectivity index (χ2n) is 4.11. The fourth-order valence-corrected chi connectivity index (χ4v) is 2.06. The van der Waals surface area contributed by atoms with Crippen LogP contribution in [-0.4, -0.2) is 21.8 Å². The summed E-state index contributed by atoms with van der Waals surface area (Å²) in [6.45, 7) is 1.87. The van der Waals surface area contributed by atoms with Gasteiger partial charge in [0.1, 0.15) is 0 Å². The van der Waals surface area contributed by atoms with E-state index in [2.05, 4.69) is 4.98 Å². The predicted molar refractivity (Wildman–Crippen MR) is 69.2 cm³/mol. The third-order valence-electron chi connectivity index (χ3n) is 2.92. The van der Waals surface area contributed by atoms with Crippen molar-refractivity contribution in [1.82, 2.24) is 4.98 Å². The molecular weight excluding hydrogens is 254 g/mol. The Morgan fingerprint density at radius 3 is 2.72 bits per heavy atom. The summed E-state index contributed by atoms with van der Waals surface area (Å²) in [7, 11) is 0. The van der Waals surface area contributed by atoms with E-state index in [0.29, 0.717) is 10.6 Å². The number of aryl methyl sites for hydroxylation is 1. The van der Waals surface area contributed by atoms with Gasteiger partial charge in [-0.1, -0.05) is 17.7 Å². The van der Waals surface area contributed by atoms with E-state index < -0.39 is 5.97 Å². The number of carboxylic acids is 1. The maximum atomic E-state index is 11.9. The molecule has 18 heavy (non-hydrogen) atoms. The smallest absolute Gasteiger partial charge is 0.303 e. The second-order valence-corrected chi connectivity index (χ2v) is 4.52. The van der Waals surface area contributed by atoms with Gasteiger partial charge in [-0.15, -0.1) is 0 Å². The van der Waals surface area contributed by atoms with E-state index in [1.807, 2.05) is 6.92 Å². The molecule has 0 amide bonds. The summed E-state index contributed by atoms with van der Waals surface area (Å²) in [5, 5.41) is 9.99.